The number of carbonyl (C=O) groups is 1. The second-order valence-electron chi connectivity index (χ2n) is 3.69. The van der Waals surface area contributed by atoms with Crippen LogP contribution in [-0.4, -0.2) is 12.5 Å². The van der Waals surface area contributed by atoms with Gasteiger partial charge in [-0.2, -0.15) is 5.26 Å². The van der Waals surface area contributed by atoms with Gasteiger partial charge in [0.05, 0.1) is 6.07 Å². The Morgan fingerprint density at radius 1 is 1.41 bits per heavy atom. The molecule has 0 unspecified atom stereocenters. The summed E-state index contributed by atoms with van der Waals surface area (Å²) in [4.78, 5) is 11.0. The van der Waals surface area contributed by atoms with Gasteiger partial charge in [0.25, 0.3) is 0 Å². The van der Waals surface area contributed by atoms with E-state index >= 15 is 0 Å². The zero-order chi connectivity index (χ0) is 12.1. The van der Waals surface area contributed by atoms with Crippen molar-refractivity contribution in [2.45, 2.75) is 12.8 Å². The van der Waals surface area contributed by atoms with E-state index in [9.17, 15) is 4.79 Å². The van der Waals surface area contributed by atoms with Gasteiger partial charge in [0, 0.05) is 18.4 Å². The standard InChI is InChI=1S/C13H12N2O2/c14-7-5-13(16)15-8-6-11-9-10-3-1-2-4-12(10)17-11/h1-4,9H,5-6,8H2,(H,15,16). The molecule has 0 aliphatic heterocycles. The minimum absolute atomic E-state index is 0.0971. The number of benzene rings is 1. The highest BCUT2D eigenvalue weighted by molar-refractivity contribution is 5.78. The summed E-state index contributed by atoms with van der Waals surface area (Å²) in [6, 6.07) is 11.5. The Balaban J connectivity index is 1.91. The summed E-state index contributed by atoms with van der Waals surface area (Å²) in [5.41, 5.74) is 0.853. The van der Waals surface area contributed by atoms with Crippen LogP contribution in [0.4, 0.5) is 0 Å². The van der Waals surface area contributed by atoms with E-state index in [4.69, 9.17) is 9.68 Å². The minimum Gasteiger partial charge on any atom is -0.461 e. The number of nitrogens with zero attached hydrogens (tertiary/aromatic N) is 1. The molecule has 0 saturated carbocycles. The highest BCUT2D eigenvalue weighted by atomic mass is 16.3. The first-order chi connectivity index (χ1) is 8.29. The molecule has 0 aliphatic carbocycles. The first-order valence-electron chi connectivity index (χ1n) is 5.40. The molecular formula is C13H12N2O2. The van der Waals surface area contributed by atoms with Crippen LogP contribution < -0.4 is 5.32 Å². The molecular weight excluding hydrogens is 216 g/mol. The summed E-state index contributed by atoms with van der Waals surface area (Å²) in [5, 5.41) is 12.0. The van der Waals surface area contributed by atoms with Gasteiger partial charge in [-0.3, -0.25) is 4.79 Å². The van der Waals surface area contributed by atoms with Crippen LogP contribution >= 0.6 is 0 Å². The van der Waals surface area contributed by atoms with Crippen LogP contribution in [0, 0.1) is 11.3 Å². The lowest BCUT2D eigenvalue weighted by Gasteiger charge is -1.99. The third kappa shape index (κ3) is 2.85. The molecule has 1 heterocycles. The number of para-hydroxylation sites is 1. The fraction of sp³-hybridized carbons (Fsp3) is 0.231. The number of hydrogen-bond donors (Lipinski definition) is 1. The van der Waals surface area contributed by atoms with Gasteiger partial charge in [-0.05, 0) is 12.1 Å². The fourth-order valence-electron chi connectivity index (χ4n) is 1.62. The van der Waals surface area contributed by atoms with Crippen LogP contribution in [-0.2, 0) is 11.2 Å². The number of rotatable bonds is 4. The maximum atomic E-state index is 11.0. The van der Waals surface area contributed by atoms with E-state index in [1.807, 2.05) is 30.3 Å². The predicted octanol–water partition coefficient (Wildman–Crippen LogP) is 2.01. The first kappa shape index (κ1) is 11.2. The molecule has 1 amide bonds. The summed E-state index contributed by atoms with van der Waals surface area (Å²) in [6.45, 7) is 0.486. The van der Waals surface area contributed by atoms with Gasteiger partial charge in [0.2, 0.25) is 5.91 Å². The Morgan fingerprint density at radius 2 is 2.24 bits per heavy atom. The van der Waals surface area contributed by atoms with Crippen molar-refractivity contribution in [3.8, 4) is 6.07 Å². The molecule has 0 aliphatic rings. The van der Waals surface area contributed by atoms with Gasteiger partial charge in [-0.15, -0.1) is 0 Å². The molecule has 1 aromatic carbocycles. The molecule has 86 valence electrons. The Kier molecular flexibility index (Phi) is 3.41. The molecule has 1 aromatic heterocycles. The number of amides is 1. The van der Waals surface area contributed by atoms with Gasteiger partial charge in [-0.25, -0.2) is 0 Å². The Labute approximate surface area is 98.8 Å². The summed E-state index contributed by atoms with van der Waals surface area (Å²) < 4.78 is 5.59. The molecule has 17 heavy (non-hydrogen) atoms. The molecule has 0 spiro atoms. The third-order valence-corrected chi connectivity index (χ3v) is 2.41. The van der Waals surface area contributed by atoms with Crippen molar-refractivity contribution in [1.29, 1.82) is 5.26 Å². The lowest BCUT2D eigenvalue weighted by Crippen LogP contribution is -2.24. The lowest BCUT2D eigenvalue weighted by atomic mass is 10.2. The molecule has 4 heteroatoms. The summed E-state index contributed by atoms with van der Waals surface area (Å²) in [6.07, 6.45) is 0.534. The van der Waals surface area contributed by atoms with E-state index in [-0.39, 0.29) is 12.3 Å². The molecule has 0 atom stereocenters. The normalized spacial score (nSPS) is 10.1. The number of fused-ring (bicyclic) bond motifs is 1. The second kappa shape index (κ2) is 5.17. The molecule has 0 bridgehead atoms. The van der Waals surface area contributed by atoms with Gasteiger partial charge in [0.15, 0.2) is 0 Å². The van der Waals surface area contributed by atoms with Crippen LogP contribution in [0.5, 0.6) is 0 Å². The lowest BCUT2D eigenvalue weighted by molar-refractivity contribution is -0.120. The van der Waals surface area contributed by atoms with Gasteiger partial charge in [-0.1, -0.05) is 18.2 Å². The highest BCUT2D eigenvalue weighted by Crippen LogP contribution is 2.18. The maximum absolute atomic E-state index is 11.0. The number of carbonyl (C=O) groups excluding carboxylic acids is 1. The van der Waals surface area contributed by atoms with Crippen LogP contribution in [0.1, 0.15) is 12.2 Å². The van der Waals surface area contributed by atoms with Gasteiger partial charge < -0.3 is 9.73 Å². The number of nitriles is 1. The van der Waals surface area contributed by atoms with E-state index in [1.165, 1.54) is 0 Å². The molecule has 0 saturated heterocycles. The SMILES string of the molecule is N#CCC(=O)NCCc1cc2ccccc2o1. The average molecular weight is 228 g/mol. The van der Waals surface area contributed by atoms with Crippen molar-refractivity contribution in [2.24, 2.45) is 0 Å². The number of furan rings is 1. The first-order valence-corrected chi connectivity index (χ1v) is 5.40. The number of nitrogens with one attached hydrogen (secondary N) is 1. The van der Waals surface area contributed by atoms with Crippen molar-refractivity contribution in [2.75, 3.05) is 6.54 Å². The Morgan fingerprint density at radius 3 is 3.00 bits per heavy atom. The fourth-order valence-corrected chi connectivity index (χ4v) is 1.62. The van der Waals surface area contributed by atoms with E-state index in [2.05, 4.69) is 5.32 Å². The third-order valence-electron chi connectivity index (χ3n) is 2.41. The number of hydrogen-bond acceptors (Lipinski definition) is 3. The Hall–Kier alpha value is -2.28. The summed E-state index contributed by atoms with van der Waals surface area (Å²) in [5.74, 6) is 0.590. The summed E-state index contributed by atoms with van der Waals surface area (Å²) in [7, 11) is 0. The smallest absolute Gasteiger partial charge is 0.234 e. The van der Waals surface area contributed by atoms with E-state index < -0.39 is 0 Å². The highest BCUT2D eigenvalue weighted by Gasteiger charge is 2.04. The molecule has 0 fully saturated rings. The van der Waals surface area contributed by atoms with Gasteiger partial charge >= 0.3 is 0 Å². The van der Waals surface area contributed by atoms with Crippen molar-refractivity contribution in [3.63, 3.8) is 0 Å². The van der Waals surface area contributed by atoms with Crippen LogP contribution in [0.3, 0.4) is 0 Å². The van der Waals surface area contributed by atoms with Crippen LogP contribution in [0.2, 0.25) is 0 Å². The Bertz CT molecular complexity index is 533. The molecule has 2 aromatic rings. The van der Waals surface area contributed by atoms with E-state index in [0.717, 1.165) is 16.7 Å². The zero-order valence-electron chi connectivity index (χ0n) is 9.27. The molecule has 1 N–H and O–H groups in total. The minimum atomic E-state index is -0.247. The average Bonchev–Trinajstić information content (AvgIpc) is 2.71. The van der Waals surface area contributed by atoms with Crippen molar-refractivity contribution < 1.29 is 9.21 Å². The molecule has 4 nitrogen and oxygen atoms in total. The second-order valence-corrected chi connectivity index (χ2v) is 3.69. The van der Waals surface area contributed by atoms with Crippen molar-refractivity contribution >= 4 is 16.9 Å². The largest absolute Gasteiger partial charge is 0.461 e. The quantitative estimate of drug-likeness (QED) is 0.870. The van der Waals surface area contributed by atoms with Crippen molar-refractivity contribution in [3.05, 3.63) is 36.1 Å². The molecule has 2 rings (SSSR count). The molecule has 0 radical (unpaired) electrons. The topological polar surface area (TPSA) is 66.0 Å². The van der Waals surface area contributed by atoms with Crippen LogP contribution in [0.25, 0.3) is 11.0 Å². The maximum Gasteiger partial charge on any atom is 0.234 e. The van der Waals surface area contributed by atoms with Gasteiger partial charge in [0.1, 0.15) is 17.8 Å². The monoisotopic (exact) mass is 228 g/mol. The van der Waals surface area contributed by atoms with E-state index in [1.54, 1.807) is 6.07 Å². The van der Waals surface area contributed by atoms with E-state index in [0.29, 0.717) is 13.0 Å². The predicted molar refractivity (Wildman–Crippen MR) is 63.2 cm³/mol. The van der Waals surface area contributed by atoms with Crippen LogP contribution in [0.15, 0.2) is 34.7 Å². The van der Waals surface area contributed by atoms with Crippen molar-refractivity contribution in [1.82, 2.24) is 5.32 Å². The summed E-state index contributed by atoms with van der Waals surface area (Å²) >= 11 is 0. The zero-order valence-corrected chi connectivity index (χ0v) is 9.27.